The van der Waals surface area contributed by atoms with E-state index in [1.165, 1.54) is 18.2 Å². The van der Waals surface area contributed by atoms with Gasteiger partial charge in [-0.3, -0.25) is 4.21 Å². The standard InChI is InChI=1S/C19H18F2O2S/c1-12-9-13(7-8-18(12)20)16-3-2-4-17(16)14-5-6-15(11-24(22)23)19(21)10-14/h5-10H,2-4,11H2,1H3,(H,22,23)/p-1. The molecule has 3 rings (SSSR count). The second-order valence-electron chi connectivity index (χ2n) is 6.03. The molecule has 24 heavy (non-hydrogen) atoms. The maximum absolute atomic E-state index is 14.2. The first kappa shape index (κ1) is 17.0. The van der Waals surface area contributed by atoms with E-state index in [1.807, 2.05) is 6.07 Å². The number of rotatable bonds is 4. The second kappa shape index (κ2) is 6.95. The fourth-order valence-corrected chi connectivity index (χ4v) is 3.68. The zero-order valence-electron chi connectivity index (χ0n) is 13.3. The average Bonchev–Trinajstić information content (AvgIpc) is 3.01. The Balaban J connectivity index is 2.01. The van der Waals surface area contributed by atoms with E-state index in [-0.39, 0.29) is 17.1 Å². The Bertz CT molecular complexity index is 843. The molecule has 0 aliphatic heterocycles. The van der Waals surface area contributed by atoms with Crippen LogP contribution in [0.5, 0.6) is 0 Å². The average molecular weight is 347 g/mol. The molecule has 0 fully saturated rings. The Morgan fingerprint density at radius 2 is 1.62 bits per heavy atom. The van der Waals surface area contributed by atoms with Gasteiger partial charge in [0, 0.05) is 5.75 Å². The van der Waals surface area contributed by atoms with Crippen molar-refractivity contribution in [2.24, 2.45) is 0 Å². The summed E-state index contributed by atoms with van der Waals surface area (Å²) in [5.41, 5.74) is 4.65. The van der Waals surface area contributed by atoms with Crippen LogP contribution in [0.3, 0.4) is 0 Å². The molecule has 2 nitrogen and oxygen atoms in total. The van der Waals surface area contributed by atoms with Gasteiger partial charge in [0.05, 0.1) is 0 Å². The van der Waals surface area contributed by atoms with Gasteiger partial charge in [-0.05, 0) is 77.8 Å². The molecule has 0 spiro atoms. The normalized spacial score (nSPS) is 15.8. The Hall–Kier alpha value is -1.85. The number of hydrogen-bond donors (Lipinski definition) is 0. The summed E-state index contributed by atoms with van der Waals surface area (Å²) in [6, 6.07) is 9.73. The smallest absolute Gasteiger partial charge is 0.127 e. The van der Waals surface area contributed by atoms with Crippen LogP contribution in [0.15, 0.2) is 36.4 Å². The monoisotopic (exact) mass is 347 g/mol. The first-order chi connectivity index (χ1) is 11.5. The highest BCUT2D eigenvalue weighted by molar-refractivity contribution is 7.78. The first-order valence-electron chi connectivity index (χ1n) is 7.79. The van der Waals surface area contributed by atoms with Gasteiger partial charge < -0.3 is 4.55 Å². The topological polar surface area (TPSA) is 40.1 Å². The molecular formula is C19H17F2O2S-. The molecule has 126 valence electrons. The third-order valence-corrected chi connectivity index (χ3v) is 4.95. The molecule has 0 heterocycles. The van der Waals surface area contributed by atoms with Crippen molar-refractivity contribution in [1.29, 1.82) is 0 Å². The maximum Gasteiger partial charge on any atom is 0.127 e. The molecule has 5 heteroatoms. The summed E-state index contributed by atoms with van der Waals surface area (Å²) in [5.74, 6) is -1.07. The van der Waals surface area contributed by atoms with Crippen LogP contribution in [0.4, 0.5) is 8.78 Å². The summed E-state index contributed by atoms with van der Waals surface area (Å²) in [7, 11) is 0. The van der Waals surface area contributed by atoms with E-state index >= 15 is 0 Å². The molecule has 2 aromatic rings. The number of allylic oxidation sites excluding steroid dienone is 2. The fraction of sp³-hybridized carbons (Fsp3) is 0.263. The Kier molecular flexibility index (Phi) is 4.92. The van der Waals surface area contributed by atoms with Crippen molar-refractivity contribution in [1.82, 2.24) is 0 Å². The van der Waals surface area contributed by atoms with Crippen LogP contribution in [-0.2, 0) is 16.8 Å². The summed E-state index contributed by atoms with van der Waals surface area (Å²) < 4.78 is 49.2. The summed E-state index contributed by atoms with van der Waals surface area (Å²) in [4.78, 5) is 0. The highest BCUT2D eigenvalue weighted by atomic mass is 32.2. The van der Waals surface area contributed by atoms with Crippen LogP contribution < -0.4 is 0 Å². The van der Waals surface area contributed by atoms with Crippen molar-refractivity contribution in [3.63, 3.8) is 0 Å². The van der Waals surface area contributed by atoms with E-state index in [2.05, 4.69) is 0 Å². The molecule has 1 aliphatic carbocycles. The highest BCUT2D eigenvalue weighted by Gasteiger charge is 2.19. The fourth-order valence-electron chi connectivity index (χ4n) is 3.19. The summed E-state index contributed by atoms with van der Waals surface area (Å²) in [5, 5.41) is 0. The van der Waals surface area contributed by atoms with Crippen LogP contribution in [0, 0.1) is 18.6 Å². The first-order valence-corrected chi connectivity index (χ1v) is 9.03. The lowest BCUT2D eigenvalue weighted by Gasteiger charge is -2.12. The van der Waals surface area contributed by atoms with Crippen molar-refractivity contribution in [3.05, 3.63) is 70.3 Å². The number of benzene rings is 2. The quantitative estimate of drug-likeness (QED) is 0.749. The highest BCUT2D eigenvalue weighted by Crippen LogP contribution is 2.40. The van der Waals surface area contributed by atoms with Crippen LogP contribution in [0.1, 0.15) is 41.5 Å². The molecule has 0 saturated carbocycles. The minimum absolute atomic E-state index is 0.171. The third-order valence-electron chi connectivity index (χ3n) is 4.40. The molecule has 1 atom stereocenters. The van der Waals surface area contributed by atoms with Gasteiger partial charge in [0.25, 0.3) is 0 Å². The van der Waals surface area contributed by atoms with E-state index in [1.54, 1.807) is 19.1 Å². The largest absolute Gasteiger partial charge is 0.772 e. The molecular weight excluding hydrogens is 330 g/mol. The number of halogens is 2. The van der Waals surface area contributed by atoms with Gasteiger partial charge in [-0.25, -0.2) is 8.78 Å². The lowest BCUT2D eigenvalue weighted by molar-refractivity contribution is 0.533. The van der Waals surface area contributed by atoms with Crippen LogP contribution in [0.25, 0.3) is 11.1 Å². The molecule has 0 bridgehead atoms. The third kappa shape index (κ3) is 3.47. The Morgan fingerprint density at radius 1 is 1.00 bits per heavy atom. The van der Waals surface area contributed by atoms with E-state index in [9.17, 15) is 17.5 Å². The molecule has 2 aromatic carbocycles. The van der Waals surface area contributed by atoms with Gasteiger partial charge >= 0.3 is 0 Å². The summed E-state index contributed by atoms with van der Waals surface area (Å²) >= 11 is -2.31. The summed E-state index contributed by atoms with van der Waals surface area (Å²) in [6.07, 6.45) is 2.67. The van der Waals surface area contributed by atoms with E-state index in [0.29, 0.717) is 5.56 Å². The van der Waals surface area contributed by atoms with E-state index < -0.39 is 16.9 Å². The molecule has 1 aliphatic rings. The predicted octanol–water partition coefficient (Wildman–Crippen LogP) is 4.75. The van der Waals surface area contributed by atoms with E-state index in [4.69, 9.17) is 0 Å². The lowest BCUT2D eigenvalue weighted by Crippen LogP contribution is -1.98. The zero-order valence-corrected chi connectivity index (χ0v) is 14.1. The molecule has 1 unspecified atom stereocenters. The predicted molar refractivity (Wildman–Crippen MR) is 90.8 cm³/mol. The number of aryl methyl sites for hydroxylation is 1. The lowest BCUT2D eigenvalue weighted by atomic mass is 9.95. The van der Waals surface area contributed by atoms with Crippen LogP contribution in [0.2, 0.25) is 0 Å². The zero-order chi connectivity index (χ0) is 17.3. The minimum atomic E-state index is -2.31. The maximum atomic E-state index is 14.2. The van der Waals surface area contributed by atoms with Gasteiger partial charge in [0.1, 0.15) is 11.6 Å². The molecule has 0 N–H and O–H groups in total. The molecule has 0 aromatic heterocycles. The van der Waals surface area contributed by atoms with E-state index in [0.717, 1.165) is 41.5 Å². The molecule has 0 saturated heterocycles. The van der Waals surface area contributed by atoms with Crippen LogP contribution in [-0.4, -0.2) is 8.76 Å². The van der Waals surface area contributed by atoms with Gasteiger partial charge in [-0.1, -0.05) is 29.3 Å². The van der Waals surface area contributed by atoms with Crippen molar-refractivity contribution < 1.29 is 17.5 Å². The van der Waals surface area contributed by atoms with Gasteiger partial charge in [-0.2, -0.15) is 0 Å². The molecule has 0 radical (unpaired) electrons. The van der Waals surface area contributed by atoms with Crippen molar-refractivity contribution >= 4 is 22.2 Å². The van der Waals surface area contributed by atoms with Gasteiger partial charge in [-0.15, -0.1) is 0 Å². The second-order valence-corrected chi connectivity index (χ2v) is 6.93. The Labute approximate surface area is 142 Å². The summed E-state index contributed by atoms with van der Waals surface area (Å²) in [6.45, 7) is 1.73. The number of hydrogen-bond acceptors (Lipinski definition) is 2. The van der Waals surface area contributed by atoms with Crippen molar-refractivity contribution in [3.8, 4) is 0 Å². The Morgan fingerprint density at radius 3 is 2.21 bits per heavy atom. The van der Waals surface area contributed by atoms with Gasteiger partial charge in [0.15, 0.2) is 0 Å². The molecule has 0 amide bonds. The SMILES string of the molecule is Cc1cc(C2=C(c3ccc(CS(=O)[O-])c(F)c3)CCC2)ccc1F. The van der Waals surface area contributed by atoms with Crippen molar-refractivity contribution in [2.45, 2.75) is 31.9 Å². The minimum Gasteiger partial charge on any atom is -0.772 e. The van der Waals surface area contributed by atoms with Crippen LogP contribution >= 0.6 is 0 Å². The van der Waals surface area contributed by atoms with Crippen molar-refractivity contribution in [2.75, 3.05) is 0 Å². The van der Waals surface area contributed by atoms with Gasteiger partial charge in [0.2, 0.25) is 0 Å².